The maximum atomic E-state index is 4.36. The van der Waals surface area contributed by atoms with Crippen molar-refractivity contribution in [3.8, 4) is 0 Å². The van der Waals surface area contributed by atoms with E-state index in [0.29, 0.717) is 6.04 Å². The zero-order valence-corrected chi connectivity index (χ0v) is 11.6. The minimum atomic E-state index is 0.659. The molecule has 2 nitrogen and oxygen atoms in total. The second-order valence-corrected chi connectivity index (χ2v) is 5.57. The van der Waals surface area contributed by atoms with Gasteiger partial charge in [0.15, 0.2) is 0 Å². The summed E-state index contributed by atoms with van der Waals surface area (Å²) in [5.41, 5.74) is 1.19. The van der Waals surface area contributed by atoms with Gasteiger partial charge in [-0.25, -0.2) is 0 Å². The molecule has 1 aromatic rings. The number of rotatable bonds is 5. The van der Waals surface area contributed by atoms with Gasteiger partial charge in [0.05, 0.1) is 0 Å². The lowest BCUT2D eigenvalue weighted by molar-refractivity contribution is 0.339. The number of aromatic nitrogens is 1. The van der Waals surface area contributed by atoms with Crippen LogP contribution in [-0.2, 0) is 6.42 Å². The summed E-state index contributed by atoms with van der Waals surface area (Å²) in [4.78, 5) is 4.36. The van der Waals surface area contributed by atoms with E-state index in [9.17, 15) is 0 Å². The molecule has 1 aliphatic carbocycles. The smallest absolute Gasteiger partial charge is 0.0416 e. The number of hydrogen-bond acceptors (Lipinski definition) is 2. The molecular weight excluding hydrogens is 220 g/mol. The molecular formula is C16H26N2. The Morgan fingerprint density at radius 2 is 2.00 bits per heavy atom. The number of hydrogen-bond donors (Lipinski definition) is 1. The quantitative estimate of drug-likeness (QED) is 0.803. The Morgan fingerprint density at radius 3 is 2.67 bits per heavy atom. The van der Waals surface area contributed by atoms with Gasteiger partial charge in [0.2, 0.25) is 0 Å². The second-order valence-electron chi connectivity index (χ2n) is 5.57. The third-order valence-electron chi connectivity index (χ3n) is 4.18. The summed E-state index contributed by atoms with van der Waals surface area (Å²) < 4.78 is 0. The van der Waals surface area contributed by atoms with E-state index in [0.717, 1.165) is 18.9 Å². The largest absolute Gasteiger partial charge is 0.314 e. The Morgan fingerprint density at radius 1 is 1.22 bits per heavy atom. The number of pyridine rings is 1. The first-order chi connectivity index (χ1) is 8.86. The van der Waals surface area contributed by atoms with Gasteiger partial charge >= 0.3 is 0 Å². The van der Waals surface area contributed by atoms with E-state index in [1.807, 2.05) is 12.3 Å². The van der Waals surface area contributed by atoms with Gasteiger partial charge in [0.25, 0.3) is 0 Å². The maximum Gasteiger partial charge on any atom is 0.0416 e. The Bertz CT molecular complexity index is 315. The first kappa shape index (κ1) is 13.5. The molecule has 1 N–H and O–H groups in total. The fourth-order valence-corrected chi connectivity index (χ4v) is 2.95. The molecule has 1 aliphatic rings. The standard InChI is InChI=1S/C16H26N2/c1-14(15-8-4-2-3-5-9-15)17-13-11-16-10-6-7-12-18-16/h6-7,10,12,14-15,17H,2-5,8-9,11,13H2,1H3/t14-/m0/s1. The molecule has 18 heavy (non-hydrogen) atoms. The molecule has 1 saturated carbocycles. The lowest BCUT2D eigenvalue weighted by Gasteiger charge is -2.23. The van der Waals surface area contributed by atoms with Crippen molar-refractivity contribution >= 4 is 0 Å². The first-order valence-electron chi connectivity index (χ1n) is 7.49. The fourth-order valence-electron chi connectivity index (χ4n) is 2.95. The summed E-state index contributed by atoms with van der Waals surface area (Å²) in [5, 5.41) is 3.69. The molecule has 0 unspecified atom stereocenters. The van der Waals surface area contributed by atoms with Crippen LogP contribution in [0.3, 0.4) is 0 Å². The summed E-state index contributed by atoms with van der Waals surface area (Å²) >= 11 is 0. The van der Waals surface area contributed by atoms with Crippen molar-refractivity contribution in [1.29, 1.82) is 0 Å². The van der Waals surface area contributed by atoms with Crippen molar-refractivity contribution < 1.29 is 0 Å². The van der Waals surface area contributed by atoms with Crippen molar-refractivity contribution in [2.75, 3.05) is 6.54 Å². The summed E-state index contributed by atoms with van der Waals surface area (Å²) in [6, 6.07) is 6.81. The SMILES string of the molecule is C[C@H](NCCc1ccccn1)C1CCCCCC1. The zero-order valence-electron chi connectivity index (χ0n) is 11.6. The van der Waals surface area contributed by atoms with Crippen LogP contribution in [0.1, 0.15) is 51.1 Å². The van der Waals surface area contributed by atoms with Crippen LogP contribution in [0.25, 0.3) is 0 Å². The van der Waals surface area contributed by atoms with Gasteiger partial charge in [-0.1, -0.05) is 31.7 Å². The Balaban J connectivity index is 1.69. The first-order valence-corrected chi connectivity index (χ1v) is 7.49. The van der Waals surface area contributed by atoms with Crippen LogP contribution in [0.15, 0.2) is 24.4 Å². The molecule has 1 aromatic heterocycles. The Kier molecular flexibility index (Phi) is 5.66. The molecule has 0 radical (unpaired) electrons. The van der Waals surface area contributed by atoms with E-state index in [1.165, 1.54) is 44.2 Å². The van der Waals surface area contributed by atoms with Crippen molar-refractivity contribution in [3.63, 3.8) is 0 Å². The van der Waals surface area contributed by atoms with Crippen LogP contribution in [0, 0.1) is 5.92 Å². The van der Waals surface area contributed by atoms with Crippen molar-refractivity contribution in [2.45, 2.75) is 57.9 Å². The zero-order chi connectivity index (χ0) is 12.6. The molecule has 1 heterocycles. The summed E-state index contributed by atoms with van der Waals surface area (Å²) in [6.07, 6.45) is 11.5. The van der Waals surface area contributed by atoms with E-state index in [2.05, 4.69) is 29.4 Å². The van der Waals surface area contributed by atoms with Gasteiger partial charge in [-0.2, -0.15) is 0 Å². The summed E-state index contributed by atoms with van der Waals surface area (Å²) in [5.74, 6) is 0.885. The van der Waals surface area contributed by atoms with Gasteiger partial charge < -0.3 is 5.32 Å². The second kappa shape index (κ2) is 7.52. The molecule has 0 bridgehead atoms. The van der Waals surface area contributed by atoms with Crippen molar-refractivity contribution in [1.82, 2.24) is 10.3 Å². The van der Waals surface area contributed by atoms with Crippen LogP contribution in [0.5, 0.6) is 0 Å². The third-order valence-corrected chi connectivity index (χ3v) is 4.18. The normalized spacial score (nSPS) is 19.4. The minimum absolute atomic E-state index is 0.659. The van der Waals surface area contributed by atoms with Crippen LogP contribution in [-0.4, -0.2) is 17.6 Å². The predicted octanol–water partition coefficient (Wildman–Crippen LogP) is 3.57. The highest BCUT2D eigenvalue weighted by atomic mass is 14.9. The van der Waals surface area contributed by atoms with Gasteiger partial charge in [0.1, 0.15) is 0 Å². The third kappa shape index (κ3) is 4.41. The van der Waals surface area contributed by atoms with Gasteiger partial charge in [-0.05, 0) is 37.8 Å². The van der Waals surface area contributed by atoms with Crippen molar-refractivity contribution in [2.24, 2.45) is 5.92 Å². The average Bonchev–Trinajstić information content (AvgIpc) is 2.69. The molecule has 0 aromatic carbocycles. The van der Waals surface area contributed by atoms with Crippen LogP contribution in [0.2, 0.25) is 0 Å². The van der Waals surface area contributed by atoms with Gasteiger partial charge in [-0.3, -0.25) is 4.98 Å². The molecule has 2 rings (SSSR count). The number of nitrogens with one attached hydrogen (secondary N) is 1. The number of nitrogens with zero attached hydrogens (tertiary/aromatic N) is 1. The molecule has 100 valence electrons. The van der Waals surface area contributed by atoms with Gasteiger partial charge in [0, 0.05) is 30.9 Å². The van der Waals surface area contributed by atoms with E-state index >= 15 is 0 Å². The highest BCUT2D eigenvalue weighted by molar-refractivity contribution is 5.03. The Hall–Kier alpha value is -0.890. The van der Waals surface area contributed by atoms with E-state index in [-0.39, 0.29) is 0 Å². The summed E-state index contributed by atoms with van der Waals surface area (Å²) in [6.45, 7) is 3.41. The van der Waals surface area contributed by atoms with Gasteiger partial charge in [-0.15, -0.1) is 0 Å². The highest BCUT2D eigenvalue weighted by Gasteiger charge is 2.18. The molecule has 0 saturated heterocycles. The molecule has 0 spiro atoms. The van der Waals surface area contributed by atoms with E-state index in [4.69, 9.17) is 0 Å². The van der Waals surface area contributed by atoms with Crippen LogP contribution >= 0.6 is 0 Å². The summed E-state index contributed by atoms with van der Waals surface area (Å²) in [7, 11) is 0. The molecule has 2 heteroatoms. The topological polar surface area (TPSA) is 24.9 Å². The lowest BCUT2D eigenvalue weighted by atomic mass is 9.93. The predicted molar refractivity (Wildman–Crippen MR) is 76.6 cm³/mol. The molecule has 1 fully saturated rings. The van der Waals surface area contributed by atoms with E-state index < -0.39 is 0 Å². The lowest BCUT2D eigenvalue weighted by Crippen LogP contribution is -2.34. The average molecular weight is 246 g/mol. The molecule has 1 atom stereocenters. The monoisotopic (exact) mass is 246 g/mol. The van der Waals surface area contributed by atoms with Crippen LogP contribution < -0.4 is 5.32 Å². The Labute approximate surface area is 111 Å². The fraction of sp³-hybridized carbons (Fsp3) is 0.688. The highest BCUT2D eigenvalue weighted by Crippen LogP contribution is 2.25. The molecule has 0 amide bonds. The minimum Gasteiger partial charge on any atom is -0.314 e. The molecule has 0 aliphatic heterocycles. The van der Waals surface area contributed by atoms with Crippen LogP contribution in [0.4, 0.5) is 0 Å². The maximum absolute atomic E-state index is 4.36. The van der Waals surface area contributed by atoms with Crippen molar-refractivity contribution in [3.05, 3.63) is 30.1 Å². The van der Waals surface area contributed by atoms with E-state index in [1.54, 1.807) is 0 Å².